The fraction of sp³-hybridized carbons (Fsp3) is 0.304. The first-order valence-corrected chi connectivity index (χ1v) is 9.80. The molecule has 27 heavy (non-hydrogen) atoms. The fourth-order valence-electron chi connectivity index (χ4n) is 3.55. The molecule has 2 aromatic carbocycles. The SMILES string of the molecule is CC(Nc1cc(-c2ccccc2)nc(N2CCCCC2)n1)c1ccccc1. The van der Waals surface area contributed by atoms with Crippen LogP contribution in [0.3, 0.4) is 0 Å². The predicted octanol–water partition coefficient (Wildman–Crippen LogP) is 5.31. The van der Waals surface area contributed by atoms with Crippen molar-refractivity contribution >= 4 is 11.8 Å². The maximum absolute atomic E-state index is 4.88. The summed E-state index contributed by atoms with van der Waals surface area (Å²) in [5.74, 6) is 1.71. The van der Waals surface area contributed by atoms with Crippen LogP contribution in [0.1, 0.15) is 37.8 Å². The van der Waals surface area contributed by atoms with Crippen molar-refractivity contribution in [2.24, 2.45) is 0 Å². The molecular formula is C23H26N4. The summed E-state index contributed by atoms with van der Waals surface area (Å²) in [6.45, 7) is 4.23. The lowest BCUT2D eigenvalue weighted by Gasteiger charge is -2.27. The molecule has 2 heterocycles. The van der Waals surface area contributed by atoms with E-state index in [4.69, 9.17) is 9.97 Å². The average molecular weight is 358 g/mol. The van der Waals surface area contributed by atoms with Gasteiger partial charge in [-0.15, -0.1) is 0 Å². The van der Waals surface area contributed by atoms with Crippen LogP contribution in [0.25, 0.3) is 11.3 Å². The molecule has 1 fully saturated rings. The third-order valence-electron chi connectivity index (χ3n) is 5.09. The van der Waals surface area contributed by atoms with Crippen molar-refractivity contribution in [2.75, 3.05) is 23.3 Å². The molecule has 0 aliphatic carbocycles. The number of hydrogen-bond acceptors (Lipinski definition) is 4. The number of nitrogens with zero attached hydrogens (tertiary/aromatic N) is 3. The minimum atomic E-state index is 0.180. The van der Waals surface area contributed by atoms with Gasteiger partial charge in [0.25, 0.3) is 0 Å². The zero-order valence-corrected chi connectivity index (χ0v) is 15.8. The lowest BCUT2D eigenvalue weighted by Crippen LogP contribution is -2.31. The molecule has 0 spiro atoms. The monoisotopic (exact) mass is 358 g/mol. The first kappa shape index (κ1) is 17.5. The molecule has 0 radical (unpaired) electrons. The second kappa shape index (κ2) is 8.21. The van der Waals surface area contributed by atoms with E-state index in [9.17, 15) is 0 Å². The minimum Gasteiger partial charge on any atom is -0.363 e. The summed E-state index contributed by atoms with van der Waals surface area (Å²) in [6.07, 6.45) is 3.72. The van der Waals surface area contributed by atoms with Crippen molar-refractivity contribution in [2.45, 2.75) is 32.2 Å². The van der Waals surface area contributed by atoms with E-state index in [2.05, 4.69) is 71.7 Å². The van der Waals surface area contributed by atoms with E-state index >= 15 is 0 Å². The lowest BCUT2D eigenvalue weighted by molar-refractivity contribution is 0.568. The van der Waals surface area contributed by atoms with Gasteiger partial charge in [0, 0.05) is 30.8 Å². The lowest BCUT2D eigenvalue weighted by atomic mass is 10.1. The third-order valence-corrected chi connectivity index (χ3v) is 5.09. The normalized spacial score (nSPS) is 15.4. The van der Waals surface area contributed by atoms with E-state index in [1.807, 2.05) is 12.1 Å². The van der Waals surface area contributed by atoms with Crippen LogP contribution in [0.2, 0.25) is 0 Å². The molecule has 1 atom stereocenters. The van der Waals surface area contributed by atoms with Crippen molar-refractivity contribution in [3.63, 3.8) is 0 Å². The maximum atomic E-state index is 4.88. The molecule has 1 aromatic heterocycles. The van der Waals surface area contributed by atoms with Gasteiger partial charge in [0.2, 0.25) is 5.95 Å². The van der Waals surface area contributed by atoms with Gasteiger partial charge in [-0.3, -0.25) is 0 Å². The van der Waals surface area contributed by atoms with E-state index < -0.39 is 0 Å². The summed E-state index contributed by atoms with van der Waals surface area (Å²) in [5.41, 5.74) is 3.33. The number of piperidine rings is 1. The van der Waals surface area contributed by atoms with Crippen LogP contribution in [0.15, 0.2) is 66.7 Å². The van der Waals surface area contributed by atoms with Gasteiger partial charge in [0.15, 0.2) is 0 Å². The highest BCUT2D eigenvalue weighted by Crippen LogP contribution is 2.26. The first-order valence-electron chi connectivity index (χ1n) is 9.80. The number of benzene rings is 2. The highest BCUT2D eigenvalue weighted by Gasteiger charge is 2.17. The second-order valence-corrected chi connectivity index (χ2v) is 7.13. The van der Waals surface area contributed by atoms with E-state index in [-0.39, 0.29) is 6.04 Å². The Morgan fingerprint density at radius 3 is 2.22 bits per heavy atom. The zero-order valence-electron chi connectivity index (χ0n) is 15.8. The molecule has 4 nitrogen and oxygen atoms in total. The Hall–Kier alpha value is -2.88. The Balaban J connectivity index is 1.67. The molecule has 4 rings (SSSR count). The van der Waals surface area contributed by atoms with Gasteiger partial charge in [-0.25, -0.2) is 4.98 Å². The predicted molar refractivity (Wildman–Crippen MR) is 112 cm³/mol. The Morgan fingerprint density at radius 2 is 1.52 bits per heavy atom. The fourth-order valence-corrected chi connectivity index (χ4v) is 3.55. The molecule has 3 aromatic rings. The largest absolute Gasteiger partial charge is 0.363 e. The summed E-state index contributed by atoms with van der Waals surface area (Å²) in [5, 5.41) is 3.57. The topological polar surface area (TPSA) is 41.1 Å². The number of nitrogens with one attached hydrogen (secondary N) is 1. The van der Waals surface area contributed by atoms with Gasteiger partial charge < -0.3 is 10.2 Å². The molecule has 1 saturated heterocycles. The van der Waals surface area contributed by atoms with Gasteiger partial charge in [-0.1, -0.05) is 60.7 Å². The van der Waals surface area contributed by atoms with Crippen LogP contribution in [-0.4, -0.2) is 23.1 Å². The van der Waals surface area contributed by atoms with Crippen LogP contribution >= 0.6 is 0 Å². The summed E-state index contributed by atoms with van der Waals surface area (Å²) in [7, 11) is 0. The van der Waals surface area contributed by atoms with E-state index in [0.717, 1.165) is 36.1 Å². The van der Waals surface area contributed by atoms with E-state index in [1.165, 1.54) is 24.8 Å². The zero-order chi connectivity index (χ0) is 18.5. The Kier molecular flexibility index (Phi) is 5.33. The molecule has 0 saturated carbocycles. The van der Waals surface area contributed by atoms with Crippen LogP contribution in [0.5, 0.6) is 0 Å². The maximum Gasteiger partial charge on any atom is 0.227 e. The second-order valence-electron chi connectivity index (χ2n) is 7.13. The van der Waals surface area contributed by atoms with E-state index in [1.54, 1.807) is 0 Å². The average Bonchev–Trinajstić information content (AvgIpc) is 2.75. The Morgan fingerprint density at radius 1 is 0.852 bits per heavy atom. The summed E-state index contributed by atoms with van der Waals surface area (Å²) >= 11 is 0. The number of hydrogen-bond donors (Lipinski definition) is 1. The Labute approximate surface area is 161 Å². The van der Waals surface area contributed by atoms with E-state index in [0.29, 0.717) is 0 Å². The first-order chi connectivity index (χ1) is 13.3. The van der Waals surface area contributed by atoms with Crippen molar-refractivity contribution in [3.05, 3.63) is 72.3 Å². The van der Waals surface area contributed by atoms with Crippen molar-refractivity contribution in [3.8, 4) is 11.3 Å². The molecule has 0 amide bonds. The molecular weight excluding hydrogens is 332 g/mol. The number of rotatable bonds is 5. The molecule has 138 valence electrons. The van der Waals surface area contributed by atoms with Gasteiger partial charge in [0.05, 0.1) is 5.69 Å². The molecule has 1 aliphatic rings. The summed E-state index contributed by atoms with van der Waals surface area (Å²) < 4.78 is 0. The Bertz CT molecular complexity index is 858. The molecule has 4 heteroatoms. The highest BCUT2D eigenvalue weighted by atomic mass is 15.3. The molecule has 1 aliphatic heterocycles. The standard InChI is InChI=1S/C23H26N4/c1-18(19-11-5-2-6-12-19)24-22-17-21(20-13-7-3-8-14-20)25-23(26-22)27-15-9-4-10-16-27/h2-3,5-8,11-14,17-18H,4,9-10,15-16H2,1H3,(H,24,25,26). The van der Waals surface area contributed by atoms with Crippen molar-refractivity contribution in [1.29, 1.82) is 0 Å². The number of anilines is 2. The highest BCUT2D eigenvalue weighted by molar-refractivity contribution is 5.64. The molecule has 1 unspecified atom stereocenters. The molecule has 1 N–H and O–H groups in total. The minimum absolute atomic E-state index is 0.180. The summed E-state index contributed by atoms with van der Waals surface area (Å²) in [6, 6.07) is 23.1. The van der Waals surface area contributed by atoms with Gasteiger partial charge in [0.1, 0.15) is 5.82 Å². The third kappa shape index (κ3) is 4.27. The number of aromatic nitrogens is 2. The van der Waals surface area contributed by atoms with Crippen LogP contribution < -0.4 is 10.2 Å². The van der Waals surface area contributed by atoms with Crippen LogP contribution in [0, 0.1) is 0 Å². The van der Waals surface area contributed by atoms with Crippen LogP contribution in [-0.2, 0) is 0 Å². The molecule has 0 bridgehead atoms. The quantitative estimate of drug-likeness (QED) is 0.671. The van der Waals surface area contributed by atoms with Gasteiger partial charge >= 0.3 is 0 Å². The smallest absolute Gasteiger partial charge is 0.227 e. The van der Waals surface area contributed by atoms with Gasteiger partial charge in [-0.05, 0) is 31.7 Å². The van der Waals surface area contributed by atoms with Crippen LogP contribution in [0.4, 0.5) is 11.8 Å². The van der Waals surface area contributed by atoms with Crippen molar-refractivity contribution < 1.29 is 0 Å². The summed E-state index contributed by atoms with van der Waals surface area (Å²) in [4.78, 5) is 12.0. The van der Waals surface area contributed by atoms with Crippen molar-refractivity contribution in [1.82, 2.24) is 9.97 Å². The van der Waals surface area contributed by atoms with Gasteiger partial charge in [-0.2, -0.15) is 4.98 Å².